The smallest absolute Gasteiger partial charge is 0.338 e. The number of carbonyl (C=O) groups excluding carboxylic acids is 2. The van der Waals surface area contributed by atoms with Crippen molar-refractivity contribution < 1.29 is 31.9 Å². The van der Waals surface area contributed by atoms with Crippen LogP contribution in [0.15, 0.2) is 46.0 Å². The Bertz CT molecular complexity index is 1590. The molecule has 244 valence electrons. The van der Waals surface area contributed by atoms with Crippen LogP contribution in [-0.4, -0.2) is 66.5 Å². The van der Waals surface area contributed by atoms with Gasteiger partial charge < -0.3 is 14.8 Å². The van der Waals surface area contributed by atoms with E-state index in [0.29, 0.717) is 60.6 Å². The van der Waals surface area contributed by atoms with Crippen LogP contribution in [0.3, 0.4) is 0 Å². The van der Waals surface area contributed by atoms with E-state index in [1.165, 1.54) is 41.0 Å². The fourth-order valence-corrected chi connectivity index (χ4v) is 9.08. The molecular formula is C31H38ClFN4O6S2. The van der Waals surface area contributed by atoms with E-state index < -0.39 is 38.7 Å². The number of amidine groups is 1. The maximum absolute atomic E-state index is 14.0. The number of methoxy groups -OCH3 is 1. The molecule has 1 atom stereocenters. The highest BCUT2D eigenvalue weighted by Gasteiger charge is 2.42. The first-order valence-corrected chi connectivity index (χ1v) is 17.8. The fourth-order valence-electron chi connectivity index (χ4n) is 6.21. The number of allylic oxidation sites excluding steroid dienone is 1. The van der Waals surface area contributed by atoms with Crippen LogP contribution in [0.4, 0.5) is 4.39 Å². The van der Waals surface area contributed by atoms with Crippen LogP contribution in [0.1, 0.15) is 75.9 Å². The molecule has 0 spiro atoms. The van der Waals surface area contributed by atoms with Crippen molar-refractivity contribution in [1.82, 2.24) is 14.6 Å². The summed E-state index contributed by atoms with van der Waals surface area (Å²) in [5, 5.41) is 5.29. The molecule has 2 fully saturated rings. The molecule has 2 aromatic rings. The molecule has 3 aliphatic rings. The number of ether oxygens (including phenoxy) is 2. The lowest BCUT2D eigenvalue weighted by Gasteiger charge is -2.38. The van der Waals surface area contributed by atoms with Crippen molar-refractivity contribution in [2.75, 3.05) is 20.2 Å². The zero-order chi connectivity index (χ0) is 32.5. The van der Waals surface area contributed by atoms with Gasteiger partial charge in [-0.1, -0.05) is 17.7 Å². The number of benzene rings is 1. The van der Waals surface area contributed by atoms with Crippen LogP contribution in [0.5, 0.6) is 0 Å². The summed E-state index contributed by atoms with van der Waals surface area (Å²) < 4.78 is 53.6. The van der Waals surface area contributed by atoms with Gasteiger partial charge in [0.2, 0.25) is 10.0 Å². The zero-order valence-corrected chi connectivity index (χ0v) is 28.1. The van der Waals surface area contributed by atoms with Crippen molar-refractivity contribution in [1.29, 1.82) is 0 Å². The van der Waals surface area contributed by atoms with E-state index in [0.717, 1.165) is 0 Å². The van der Waals surface area contributed by atoms with E-state index in [4.69, 9.17) is 26.1 Å². The maximum atomic E-state index is 14.0. The number of nitrogens with one attached hydrogen (secondary N) is 1. The summed E-state index contributed by atoms with van der Waals surface area (Å²) in [6.45, 7) is 6.00. The Morgan fingerprint density at radius 2 is 1.80 bits per heavy atom. The minimum atomic E-state index is -3.60. The first-order chi connectivity index (χ1) is 21.3. The van der Waals surface area contributed by atoms with Gasteiger partial charge in [-0.15, -0.1) is 11.3 Å². The first-order valence-electron chi connectivity index (χ1n) is 15.0. The molecule has 5 rings (SSSR count). The van der Waals surface area contributed by atoms with Gasteiger partial charge in [-0.05, 0) is 71.4 Å². The Labute approximate surface area is 272 Å². The Balaban J connectivity index is 1.36. The summed E-state index contributed by atoms with van der Waals surface area (Å²) in [6.07, 6.45) is 4.29. The summed E-state index contributed by atoms with van der Waals surface area (Å²) in [6, 6.07) is 3.06. The largest absolute Gasteiger partial charge is 0.466 e. The number of esters is 2. The van der Waals surface area contributed by atoms with Gasteiger partial charge in [0.25, 0.3) is 0 Å². The number of aromatic nitrogens is 1. The lowest BCUT2D eigenvalue weighted by Crippen LogP contribution is -2.47. The third kappa shape index (κ3) is 7.42. The Kier molecular flexibility index (Phi) is 10.0. The number of aliphatic imine (C=N–C) groups is 1. The summed E-state index contributed by atoms with van der Waals surface area (Å²) in [4.78, 5) is 35.0. The molecule has 2 aliphatic heterocycles. The zero-order valence-electron chi connectivity index (χ0n) is 25.7. The minimum Gasteiger partial charge on any atom is -0.466 e. The third-order valence-electron chi connectivity index (χ3n) is 8.43. The quantitative estimate of drug-likeness (QED) is 0.386. The SMILES string of the molecule is COC(=O)C1=C(C2CCN(S(=O)(=O)C3CCC(C(=O)OC(C)(C)C)CC3)CC2)NC(c2nccs2)=NC1c1ccc(F)cc1Cl. The highest BCUT2D eigenvalue weighted by molar-refractivity contribution is 7.89. The molecule has 0 amide bonds. The number of rotatable bonds is 7. The van der Waals surface area contributed by atoms with Crippen molar-refractivity contribution >= 4 is 50.7 Å². The van der Waals surface area contributed by atoms with Crippen LogP contribution in [0.25, 0.3) is 0 Å². The average molecular weight is 681 g/mol. The summed E-state index contributed by atoms with van der Waals surface area (Å²) in [7, 11) is -2.32. The Morgan fingerprint density at radius 1 is 1.11 bits per heavy atom. The molecule has 1 unspecified atom stereocenters. The van der Waals surface area contributed by atoms with Crippen LogP contribution in [0.2, 0.25) is 5.02 Å². The number of sulfonamides is 1. The van der Waals surface area contributed by atoms with Crippen molar-refractivity contribution in [3.05, 3.63) is 62.5 Å². The van der Waals surface area contributed by atoms with Gasteiger partial charge in [0, 0.05) is 46.9 Å². The van der Waals surface area contributed by atoms with Crippen LogP contribution < -0.4 is 5.32 Å². The molecular weight excluding hydrogens is 643 g/mol. The van der Waals surface area contributed by atoms with Gasteiger partial charge in [0.15, 0.2) is 10.8 Å². The molecule has 1 saturated heterocycles. The Morgan fingerprint density at radius 3 is 2.38 bits per heavy atom. The van der Waals surface area contributed by atoms with E-state index in [-0.39, 0.29) is 41.5 Å². The van der Waals surface area contributed by atoms with Gasteiger partial charge in [-0.25, -0.2) is 26.9 Å². The van der Waals surface area contributed by atoms with Gasteiger partial charge in [-0.3, -0.25) is 9.79 Å². The van der Waals surface area contributed by atoms with Gasteiger partial charge >= 0.3 is 11.9 Å². The number of thiazole rings is 1. The fraction of sp³-hybridized carbons (Fsp3) is 0.548. The molecule has 0 radical (unpaired) electrons. The molecule has 45 heavy (non-hydrogen) atoms. The normalized spacial score (nSPS) is 23.7. The average Bonchev–Trinajstić information content (AvgIpc) is 3.55. The second-order valence-corrected chi connectivity index (χ2v) is 16.1. The van der Waals surface area contributed by atoms with E-state index in [9.17, 15) is 22.4 Å². The third-order valence-corrected chi connectivity index (χ3v) is 11.9. The predicted molar refractivity (Wildman–Crippen MR) is 170 cm³/mol. The van der Waals surface area contributed by atoms with Gasteiger partial charge in [0.1, 0.15) is 17.5 Å². The highest BCUT2D eigenvalue weighted by Crippen LogP contribution is 2.41. The molecule has 1 saturated carbocycles. The summed E-state index contributed by atoms with van der Waals surface area (Å²) >= 11 is 7.83. The van der Waals surface area contributed by atoms with Gasteiger partial charge in [-0.2, -0.15) is 0 Å². The summed E-state index contributed by atoms with van der Waals surface area (Å²) in [5.74, 6) is -1.47. The molecule has 1 aromatic heterocycles. The second-order valence-electron chi connectivity index (χ2n) is 12.6. The van der Waals surface area contributed by atoms with Crippen molar-refractivity contribution in [2.45, 2.75) is 76.2 Å². The minimum absolute atomic E-state index is 0.118. The molecule has 10 nitrogen and oxygen atoms in total. The number of hydrogen-bond donors (Lipinski definition) is 1. The molecule has 3 heterocycles. The molecule has 0 bridgehead atoms. The number of halogens is 2. The van der Waals surface area contributed by atoms with E-state index in [1.54, 1.807) is 6.20 Å². The molecule has 1 aliphatic carbocycles. The summed E-state index contributed by atoms with van der Waals surface area (Å²) in [5.41, 5.74) is 0.669. The van der Waals surface area contributed by atoms with E-state index >= 15 is 0 Å². The number of carbonyl (C=O) groups is 2. The van der Waals surface area contributed by atoms with E-state index in [1.807, 2.05) is 26.2 Å². The number of piperidine rings is 1. The molecule has 1 aromatic carbocycles. The highest BCUT2D eigenvalue weighted by atomic mass is 35.5. The number of hydrogen-bond acceptors (Lipinski definition) is 10. The lowest BCUT2D eigenvalue weighted by atomic mass is 9.86. The first kappa shape index (κ1) is 33.5. The van der Waals surface area contributed by atoms with Crippen molar-refractivity contribution in [3.63, 3.8) is 0 Å². The Hall–Kier alpha value is -2.87. The number of nitrogens with zero attached hydrogens (tertiary/aromatic N) is 3. The van der Waals surface area contributed by atoms with Crippen molar-refractivity contribution in [2.24, 2.45) is 16.8 Å². The standard InChI is InChI=1S/C31H38ClFN4O6S2/c1-31(2,3)43-29(38)19-5-8-21(9-6-19)45(40,41)37-14-11-18(12-15-37)25-24(30(39)42-4)26(22-10-7-20(33)17-23(22)32)36-27(35-25)28-34-13-16-44-28/h7,10,13,16-19,21,26H,5-6,8-9,11-12,14-15H2,1-4H3,(H,35,36). The molecule has 1 N–H and O–H groups in total. The van der Waals surface area contributed by atoms with Crippen LogP contribution in [-0.2, 0) is 29.1 Å². The predicted octanol–water partition coefficient (Wildman–Crippen LogP) is 5.40. The van der Waals surface area contributed by atoms with Crippen molar-refractivity contribution in [3.8, 4) is 0 Å². The van der Waals surface area contributed by atoms with E-state index in [2.05, 4.69) is 10.3 Å². The maximum Gasteiger partial charge on any atom is 0.338 e. The molecule has 14 heteroatoms. The lowest BCUT2D eigenvalue weighted by molar-refractivity contribution is -0.161. The monoisotopic (exact) mass is 680 g/mol. The van der Waals surface area contributed by atoms with Gasteiger partial charge in [0.05, 0.1) is 23.9 Å². The van der Waals surface area contributed by atoms with Crippen LogP contribution >= 0.6 is 22.9 Å². The van der Waals surface area contributed by atoms with Crippen LogP contribution in [0, 0.1) is 17.7 Å². The second kappa shape index (κ2) is 13.5. The topological polar surface area (TPSA) is 127 Å².